The number of ether oxygens (including phenoxy) is 1. The molecular formula is C14H22N2O4. The Morgan fingerprint density at radius 1 is 1.35 bits per heavy atom. The summed E-state index contributed by atoms with van der Waals surface area (Å²) in [6.07, 6.45) is 0. The number of nitro groups is 1. The van der Waals surface area contributed by atoms with Crippen LogP contribution in [0.5, 0.6) is 5.75 Å². The van der Waals surface area contributed by atoms with Gasteiger partial charge in [-0.1, -0.05) is 6.07 Å². The summed E-state index contributed by atoms with van der Waals surface area (Å²) in [6.45, 7) is 7.62. The Morgan fingerprint density at radius 3 is 2.40 bits per heavy atom. The molecule has 0 radical (unpaired) electrons. The highest BCUT2D eigenvalue weighted by Crippen LogP contribution is 2.28. The second-order valence-corrected chi connectivity index (χ2v) is 5.80. The number of aliphatic hydroxyl groups is 1. The highest BCUT2D eigenvalue weighted by Gasteiger charge is 2.34. The molecule has 0 heterocycles. The lowest BCUT2D eigenvalue weighted by Gasteiger charge is -2.38. The average molecular weight is 282 g/mol. The van der Waals surface area contributed by atoms with E-state index in [0.29, 0.717) is 6.54 Å². The van der Waals surface area contributed by atoms with E-state index in [-0.39, 0.29) is 11.4 Å². The standard InChI is InChI=1S/C14H22N2O4/c1-13(2,14(3,4)17)15-9-10-6-7-12(20-5)11(8-10)16(18)19/h6-8,15,17H,9H2,1-5H3. The highest BCUT2D eigenvalue weighted by molar-refractivity contribution is 5.48. The molecule has 0 saturated heterocycles. The van der Waals surface area contributed by atoms with Gasteiger partial charge in [0.25, 0.3) is 0 Å². The van der Waals surface area contributed by atoms with E-state index in [1.165, 1.54) is 13.2 Å². The van der Waals surface area contributed by atoms with Crippen LogP contribution in [0.3, 0.4) is 0 Å². The van der Waals surface area contributed by atoms with Crippen molar-refractivity contribution >= 4 is 5.69 Å². The number of nitrogens with zero attached hydrogens (tertiary/aromatic N) is 1. The third-order valence-corrected chi connectivity index (χ3v) is 3.70. The van der Waals surface area contributed by atoms with Crippen LogP contribution in [0.25, 0.3) is 0 Å². The maximum atomic E-state index is 11.0. The molecule has 0 fully saturated rings. The quantitative estimate of drug-likeness (QED) is 0.617. The number of hydrogen-bond acceptors (Lipinski definition) is 5. The molecule has 0 aliphatic heterocycles. The summed E-state index contributed by atoms with van der Waals surface area (Å²) in [5.41, 5.74) is -0.740. The van der Waals surface area contributed by atoms with Crippen molar-refractivity contribution in [3.05, 3.63) is 33.9 Å². The molecule has 0 aliphatic rings. The second kappa shape index (κ2) is 5.76. The normalized spacial score (nSPS) is 12.3. The van der Waals surface area contributed by atoms with Crippen molar-refractivity contribution in [2.24, 2.45) is 0 Å². The Bertz CT molecular complexity index is 492. The number of rotatable bonds is 6. The molecular weight excluding hydrogens is 260 g/mol. The van der Waals surface area contributed by atoms with Gasteiger partial charge in [-0.2, -0.15) is 0 Å². The first-order valence-corrected chi connectivity index (χ1v) is 6.37. The van der Waals surface area contributed by atoms with E-state index in [1.807, 2.05) is 13.8 Å². The van der Waals surface area contributed by atoms with Gasteiger partial charge in [-0.3, -0.25) is 10.1 Å². The van der Waals surface area contributed by atoms with Gasteiger partial charge in [0.1, 0.15) is 0 Å². The Labute approximate surface area is 118 Å². The summed E-state index contributed by atoms with van der Waals surface area (Å²) in [5, 5.41) is 24.2. The lowest BCUT2D eigenvalue weighted by molar-refractivity contribution is -0.385. The van der Waals surface area contributed by atoms with E-state index in [2.05, 4.69) is 5.32 Å². The monoisotopic (exact) mass is 282 g/mol. The van der Waals surface area contributed by atoms with E-state index >= 15 is 0 Å². The predicted molar refractivity (Wildman–Crippen MR) is 76.9 cm³/mol. The average Bonchev–Trinajstić information content (AvgIpc) is 2.34. The van der Waals surface area contributed by atoms with Gasteiger partial charge in [0.05, 0.1) is 17.6 Å². The molecule has 0 unspecified atom stereocenters. The Hall–Kier alpha value is -1.66. The molecule has 6 heteroatoms. The molecule has 0 bridgehead atoms. The molecule has 6 nitrogen and oxygen atoms in total. The van der Waals surface area contributed by atoms with Crippen molar-refractivity contribution in [2.45, 2.75) is 45.4 Å². The molecule has 0 aliphatic carbocycles. The number of methoxy groups -OCH3 is 1. The lowest BCUT2D eigenvalue weighted by Crippen LogP contribution is -2.55. The van der Waals surface area contributed by atoms with Crippen LogP contribution in [0.1, 0.15) is 33.3 Å². The van der Waals surface area contributed by atoms with E-state index < -0.39 is 16.1 Å². The number of benzene rings is 1. The fourth-order valence-corrected chi connectivity index (χ4v) is 1.53. The fraction of sp³-hybridized carbons (Fsp3) is 0.571. The molecule has 0 atom stereocenters. The van der Waals surface area contributed by atoms with E-state index in [9.17, 15) is 15.2 Å². The third-order valence-electron chi connectivity index (χ3n) is 3.70. The highest BCUT2D eigenvalue weighted by atomic mass is 16.6. The van der Waals surface area contributed by atoms with Crippen LogP contribution in [0.15, 0.2) is 18.2 Å². The van der Waals surface area contributed by atoms with E-state index in [4.69, 9.17) is 4.74 Å². The minimum absolute atomic E-state index is 0.0622. The fourth-order valence-electron chi connectivity index (χ4n) is 1.53. The zero-order chi connectivity index (χ0) is 15.6. The van der Waals surface area contributed by atoms with Crippen LogP contribution < -0.4 is 10.1 Å². The summed E-state index contributed by atoms with van der Waals surface area (Å²) in [7, 11) is 1.40. The van der Waals surface area contributed by atoms with Gasteiger partial charge in [0, 0.05) is 18.2 Å². The molecule has 1 rings (SSSR count). The first-order valence-electron chi connectivity index (χ1n) is 6.37. The van der Waals surface area contributed by atoms with Crippen LogP contribution >= 0.6 is 0 Å². The van der Waals surface area contributed by atoms with Crippen LogP contribution in [0.2, 0.25) is 0 Å². The largest absolute Gasteiger partial charge is 0.490 e. The zero-order valence-electron chi connectivity index (χ0n) is 12.6. The first-order chi connectivity index (χ1) is 9.08. The van der Waals surface area contributed by atoms with Crippen molar-refractivity contribution in [3.63, 3.8) is 0 Å². The van der Waals surface area contributed by atoms with Gasteiger partial charge in [-0.15, -0.1) is 0 Å². The first kappa shape index (κ1) is 16.4. The minimum Gasteiger partial charge on any atom is -0.490 e. The van der Waals surface area contributed by atoms with Gasteiger partial charge in [-0.05, 0) is 39.3 Å². The number of nitrogens with one attached hydrogen (secondary N) is 1. The molecule has 0 aromatic heterocycles. The smallest absolute Gasteiger partial charge is 0.311 e. The summed E-state index contributed by atoms with van der Waals surface area (Å²) in [4.78, 5) is 10.5. The predicted octanol–water partition coefficient (Wildman–Crippen LogP) is 2.24. The lowest BCUT2D eigenvalue weighted by atomic mass is 9.86. The van der Waals surface area contributed by atoms with E-state index in [0.717, 1.165) is 5.56 Å². The Balaban J connectivity index is 2.90. The second-order valence-electron chi connectivity index (χ2n) is 5.80. The van der Waals surface area contributed by atoms with Crippen molar-refractivity contribution in [2.75, 3.05) is 7.11 Å². The molecule has 1 aromatic rings. The molecule has 0 amide bonds. The van der Waals surface area contributed by atoms with E-state index in [1.54, 1.807) is 26.0 Å². The van der Waals surface area contributed by atoms with Crippen molar-refractivity contribution in [3.8, 4) is 5.75 Å². The van der Waals surface area contributed by atoms with Gasteiger partial charge < -0.3 is 15.2 Å². The minimum atomic E-state index is -0.911. The Kier molecular flexibility index (Phi) is 4.73. The van der Waals surface area contributed by atoms with Gasteiger partial charge >= 0.3 is 5.69 Å². The number of hydrogen-bond donors (Lipinski definition) is 2. The molecule has 0 saturated carbocycles. The molecule has 2 N–H and O–H groups in total. The van der Waals surface area contributed by atoms with Gasteiger partial charge in [-0.25, -0.2) is 0 Å². The Morgan fingerprint density at radius 2 is 1.95 bits per heavy atom. The molecule has 20 heavy (non-hydrogen) atoms. The van der Waals surface area contributed by atoms with Crippen molar-refractivity contribution < 1.29 is 14.8 Å². The van der Waals surface area contributed by atoms with Gasteiger partial charge in [0.2, 0.25) is 0 Å². The van der Waals surface area contributed by atoms with Crippen LogP contribution in [-0.2, 0) is 6.54 Å². The molecule has 112 valence electrons. The van der Waals surface area contributed by atoms with Crippen LogP contribution in [-0.4, -0.2) is 28.3 Å². The van der Waals surface area contributed by atoms with Gasteiger partial charge in [0.15, 0.2) is 5.75 Å². The van der Waals surface area contributed by atoms with Crippen LogP contribution in [0, 0.1) is 10.1 Å². The van der Waals surface area contributed by atoms with Crippen molar-refractivity contribution in [1.82, 2.24) is 5.32 Å². The topological polar surface area (TPSA) is 84.6 Å². The molecule has 1 aromatic carbocycles. The maximum Gasteiger partial charge on any atom is 0.311 e. The molecule has 0 spiro atoms. The zero-order valence-corrected chi connectivity index (χ0v) is 12.6. The summed E-state index contributed by atoms with van der Waals surface area (Å²) >= 11 is 0. The third kappa shape index (κ3) is 3.68. The number of nitro benzene ring substituents is 1. The maximum absolute atomic E-state index is 11.0. The van der Waals surface area contributed by atoms with Crippen LogP contribution in [0.4, 0.5) is 5.69 Å². The summed E-state index contributed by atoms with van der Waals surface area (Å²) in [6, 6.07) is 4.82. The van der Waals surface area contributed by atoms with Crippen molar-refractivity contribution in [1.29, 1.82) is 0 Å². The SMILES string of the molecule is COc1ccc(CNC(C)(C)C(C)(C)O)cc1[N+](=O)[O-]. The summed E-state index contributed by atoms with van der Waals surface area (Å²) < 4.78 is 4.96. The summed E-state index contributed by atoms with van der Waals surface area (Å²) in [5.74, 6) is 0.237.